The summed E-state index contributed by atoms with van der Waals surface area (Å²) in [5, 5.41) is 2.45. The van der Waals surface area contributed by atoms with E-state index >= 15 is 0 Å². The van der Waals surface area contributed by atoms with E-state index in [-0.39, 0.29) is 17.2 Å². The Labute approximate surface area is 179 Å². The first kappa shape index (κ1) is 23.0. The van der Waals surface area contributed by atoms with Gasteiger partial charge in [-0.3, -0.25) is 4.79 Å². The third-order valence-corrected chi connectivity index (χ3v) is 4.75. The molecule has 1 amide bonds. The van der Waals surface area contributed by atoms with Crippen LogP contribution in [0, 0.1) is 17.7 Å². The number of ether oxygens (including phenoxy) is 1. The summed E-state index contributed by atoms with van der Waals surface area (Å²) in [6.07, 6.45) is -6.95. The van der Waals surface area contributed by atoms with E-state index in [1.165, 1.54) is 31.4 Å². The van der Waals surface area contributed by atoms with Gasteiger partial charge in [-0.15, -0.1) is 0 Å². The Bertz CT molecular complexity index is 1110. The molecule has 0 saturated heterocycles. The normalized spacial score (nSPS) is 20.4. The first-order valence-electron chi connectivity index (χ1n) is 9.23. The van der Waals surface area contributed by atoms with Crippen LogP contribution in [0.25, 0.3) is 0 Å². The summed E-state index contributed by atoms with van der Waals surface area (Å²) in [7, 11) is 1.47. The van der Waals surface area contributed by atoms with Crippen molar-refractivity contribution in [2.75, 3.05) is 13.7 Å². The highest BCUT2D eigenvalue weighted by Gasteiger charge is 2.52. The second kappa shape index (κ2) is 8.82. The Hall–Kier alpha value is -3.68. The summed E-state index contributed by atoms with van der Waals surface area (Å²) in [5.41, 5.74) is 3.52. The maximum absolute atomic E-state index is 14.6. The van der Waals surface area contributed by atoms with E-state index in [2.05, 4.69) is 31.9 Å². The van der Waals surface area contributed by atoms with E-state index < -0.39 is 48.3 Å². The summed E-state index contributed by atoms with van der Waals surface area (Å²) in [5.74, 6) is 4.10. The van der Waals surface area contributed by atoms with Gasteiger partial charge in [-0.05, 0) is 36.3 Å². The Balaban J connectivity index is 1.96. The number of nitrogens with two attached hydrogens (primary N) is 1. The van der Waals surface area contributed by atoms with Crippen molar-refractivity contribution in [1.82, 2.24) is 10.3 Å². The van der Waals surface area contributed by atoms with Gasteiger partial charge in [-0.1, -0.05) is 5.92 Å². The van der Waals surface area contributed by atoms with Crippen LogP contribution in [0.1, 0.15) is 33.6 Å². The van der Waals surface area contributed by atoms with Crippen LogP contribution in [0.15, 0.2) is 41.5 Å². The fourth-order valence-electron chi connectivity index (χ4n) is 3.13. The third-order valence-electron chi connectivity index (χ3n) is 4.75. The average Bonchev–Trinajstić information content (AvgIpc) is 2.77. The van der Waals surface area contributed by atoms with Crippen LogP contribution in [-0.2, 0) is 10.3 Å². The molecule has 168 valence electrons. The molecular weight excluding hydrogens is 435 g/mol. The molecule has 1 aromatic heterocycles. The number of nitrogens with zero attached hydrogens (tertiary/aromatic N) is 2. The molecule has 0 radical (unpaired) electrons. The smallest absolute Gasteiger partial charge is 0.425 e. The quantitative estimate of drug-likeness (QED) is 0.554. The Kier molecular flexibility index (Phi) is 6.34. The average molecular weight is 452 g/mol. The monoisotopic (exact) mass is 452 g/mol. The van der Waals surface area contributed by atoms with Crippen LogP contribution < -0.4 is 11.1 Å². The highest BCUT2D eigenvalue weighted by molar-refractivity contribution is 5.93. The molecule has 1 aliphatic heterocycles. The number of rotatable bonds is 3. The van der Waals surface area contributed by atoms with Crippen LogP contribution in [0.3, 0.4) is 0 Å². The van der Waals surface area contributed by atoms with Gasteiger partial charge in [0, 0.05) is 30.8 Å². The minimum absolute atomic E-state index is 0.190. The Morgan fingerprint density at radius 2 is 2.06 bits per heavy atom. The van der Waals surface area contributed by atoms with Gasteiger partial charge < -0.3 is 15.8 Å². The van der Waals surface area contributed by atoms with Crippen LogP contribution in [0.5, 0.6) is 0 Å². The summed E-state index contributed by atoms with van der Waals surface area (Å²) in [6.45, 7) is -1.43. The van der Waals surface area contributed by atoms with Crippen LogP contribution in [0.4, 0.5) is 22.0 Å². The number of halogens is 5. The van der Waals surface area contributed by atoms with Gasteiger partial charge in [0.1, 0.15) is 23.7 Å². The topological polar surface area (TPSA) is 89.6 Å². The van der Waals surface area contributed by atoms with Gasteiger partial charge in [-0.2, -0.15) is 13.2 Å². The molecule has 0 bridgehead atoms. The standard InChI is InChI=1S/C21H17F5N4O2/c1-28-18(31)13-4-6-14(29-10-13)5-2-12-3-7-16(23)15(8-12)20(11-22)9-17(21(24,25)26)32-19(27)30-20/h3-4,6-8,10,17H,9,11H2,1H3,(H2,27,30)(H,28,31). The number of hydrogen-bond donors (Lipinski definition) is 2. The van der Waals surface area contributed by atoms with Crippen molar-refractivity contribution in [3.63, 3.8) is 0 Å². The number of carbonyl (C=O) groups is 1. The molecule has 0 aliphatic carbocycles. The van der Waals surface area contributed by atoms with E-state index in [1.807, 2.05) is 0 Å². The van der Waals surface area contributed by atoms with Crippen molar-refractivity contribution >= 4 is 11.9 Å². The number of hydrogen-bond acceptors (Lipinski definition) is 5. The molecular formula is C21H17F5N4O2. The first-order chi connectivity index (χ1) is 15.1. The maximum atomic E-state index is 14.6. The molecule has 2 atom stereocenters. The minimum atomic E-state index is -4.85. The summed E-state index contributed by atoms with van der Waals surface area (Å²) in [6, 6.07) is 5.47. The number of carbonyl (C=O) groups excluding carboxylic acids is 1. The third kappa shape index (κ3) is 4.80. The predicted molar refractivity (Wildman–Crippen MR) is 105 cm³/mol. The largest absolute Gasteiger partial charge is 0.452 e. The number of amidine groups is 1. The summed E-state index contributed by atoms with van der Waals surface area (Å²) < 4.78 is 72.6. The Morgan fingerprint density at radius 3 is 2.66 bits per heavy atom. The molecule has 1 aromatic carbocycles. The summed E-state index contributed by atoms with van der Waals surface area (Å²) in [4.78, 5) is 19.2. The molecule has 0 spiro atoms. The number of pyridine rings is 1. The predicted octanol–water partition coefficient (Wildman–Crippen LogP) is 2.81. The lowest BCUT2D eigenvalue weighted by molar-refractivity contribution is -0.209. The second-order valence-corrected chi connectivity index (χ2v) is 6.92. The lowest BCUT2D eigenvalue weighted by Crippen LogP contribution is -2.48. The highest BCUT2D eigenvalue weighted by Crippen LogP contribution is 2.41. The number of amides is 1. The van der Waals surface area contributed by atoms with E-state index in [4.69, 9.17) is 5.73 Å². The molecule has 0 fully saturated rings. The molecule has 1 aliphatic rings. The molecule has 3 N–H and O–H groups in total. The van der Waals surface area contributed by atoms with Crippen LogP contribution >= 0.6 is 0 Å². The molecule has 6 nitrogen and oxygen atoms in total. The van der Waals surface area contributed by atoms with Gasteiger partial charge in [0.05, 0.1) is 5.56 Å². The van der Waals surface area contributed by atoms with E-state index in [0.29, 0.717) is 5.56 Å². The van der Waals surface area contributed by atoms with Crippen molar-refractivity contribution < 1.29 is 31.5 Å². The number of alkyl halides is 4. The summed E-state index contributed by atoms with van der Waals surface area (Å²) >= 11 is 0. The van der Waals surface area contributed by atoms with Gasteiger partial charge in [0.2, 0.25) is 0 Å². The molecule has 11 heteroatoms. The number of benzene rings is 1. The van der Waals surface area contributed by atoms with E-state index in [1.54, 1.807) is 0 Å². The van der Waals surface area contributed by atoms with Crippen molar-refractivity contribution in [1.29, 1.82) is 0 Å². The minimum Gasteiger partial charge on any atom is -0.452 e. The van der Waals surface area contributed by atoms with Crippen molar-refractivity contribution in [3.05, 3.63) is 64.7 Å². The fourth-order valence-corrected chi connectivity index (χ4v) is 3.13. The second-order valence-electron chi connectivity index (χ2n) is 6.92. The van der Waals surface area contributed by atoms with Gasteiger partial charge in [0.25, 0.3) is 11.9 Å². The van der Waals surface area contributed by atoms with E-state index in [9.17, 15) is 26.7 Å². The zero-order valence-corrected chi connectivity index (χ0v) is 16.6. The molecule has 0 saturated carbocycles. The lowest BCUT2D eigenvalue weighted by atomic mass is 9.84. The molecule has 2 heterocycles. The van der Waals surface area contributed by atoms with Gasteiger partial charge in [-0.25, -0.2) is 18.8 Å². The zero-order chi connectivity index (χ0) is 23.5. The molecule has 2 aromatic rings. The molecule has 32 heavy (non-hydrogen) atoms. The first-order valence-corrected chi connectivity index (χ1v) is 9.23. The van der Waals surface area contributed by atoms with Crippen molar-refractivity contribution in [3.8, 4) is 11.8 Å². The SMILES string of the molecule is CNC(=O)c1ccc(C#Cc2ccc(F)c(C3(CF)CC(C(F)(F)F)OC(N)=N3)c2)nc1. The maximum Gasteiger partial charge on any atom is 0.425 e. The zero-order valence-electron chi connectivity index (χ0n) is 16.6. The van der Waals surface area contributed by atoms with Crippen molar-refractivity contribution in [2.24, 2.45) is 10.7 Å². The van der Waals surface area contributed by atoms with Crippen molar-refractivity contribution in [2.45, 2.75) is 24.2 Å². The van der Waals surface area contributed by atoms with E-state index in [0.717, 1.165) is 12.1 Å². The Morgan fingerprint density at radius 1 is 1.31 bits per heavy atom. The van der Waals surface area contributed by atoms with Crippen LogP contribution in [0.2, 0.25) is 0 Å². The van der Waals surface area contributed by atoms with Gasteiger partial charge >= 0.3 is 6.18 Å². The molecule has 2 unspecified atom stereocenters. The number of aliphatic imine (C=N–C) groups is 1. The number of aromatic nitrogens is 1. The highest BCUT2D eigenvalue weighted by atomic mass is 19.4. The fraction of sp³-hybridized carbons (Fsp3) is 0.286. The lowest BCUT2D eigenvalue weighted by Gasteiger charge is -2.36. The molecule has 3 rings (SSSR count). The number of nitrogens with one attached hydrogen (secondary N) is 1. The van der Waals surface area contributed by atoms with Crippen LogP contribution in [-0.4, -0.2) is 42.9 Å². The van der Waals surface area contributed by atoms with Gasteiger partial charge in [0.15, 0.2) is 6.10 Å².